The van der Waals surface area contributed by atoms with E-state index in [1.165, 1.54) is 4.90 Å². The van der Waals surface area contributed by atoms with Crippen LogP contribution in [0.3, 0.4) is 0 Å². The molecule has 130 valence electrons. The maximum absolute atomic E-state index is 12.7. The van der Waals surface area contributed by atoms with Crippen molar-refractivity contribution in [2.45, 2.75) is 25.3 Å². The van der Waals surface area contributed by atoms with Gasteiger partial charge in [0.05, 0.1) is 12.5 Å². The molecule has 1 atom stereocenters. The van der Waals surface area contributed by atoms with E-state index in [2.05, 4.69) is 0 Å². The Labute approximate surface area is 146 Å². The van der Waals surface area contributed by atoms with E-state index in [1.54, 1.807) is 31.3 Å². The first-order chi connectivity index (χ1) is 12.0. The number of rotatable bonds is 8. The first kappa shape index (κ1) is 18.4. The van der Waals surface area contributed by atoms with Crippen LogP contribution < -0.4 is 0 Å². The molecule has 0 aliphatic carbocycles. The molecule has 0 aliphatic heterocycles. The zero-order valence-corrected chi connectivity index (χ0v) is 14.1. The number of hydrogen-bond donors (Lipinski definition) is 1. The number of benzene rings is 2. The highest BCUT2D eigenvalue weighted by molar-refractivity contribution is 5.98. The van der Waals surface area contributed by atoms with Gasteiger partial charge in [0.2, 0.25) is 0 Å². The summed E-state index contributed by atoms with van der Waals surface area (Å²) < 4.78 is 0. The van der Waals surface area contributed by atoms with Crippen molar-refractivity contribution in [2.75, 3.05) is 7.05 Å². The molecule has 0 heterocycles. The van der Waals surface area contributed by atoms with Gasteiger partial charge in [-0.3, -0.25) is 14.4 Å². The van der Waals surface area contributed by atoms with Crippen LogP contribution in [0.15, 0.2) is 60.7 Å². The lowest BCUT2D eigenvalue weighted by molar-refractivity contribution is -0.139. The lowest BCUT2D eigenvalue weighted by Crippen LogP contribution is -2.44. The van der Waals surface area contributed by atoms with Gasteiger partial charge >= 0.3 is 5.97 Å². The second-order valence-electron chi connectivity index (χ2n) is 5.85. The fourth-order valence-corrected chi connectivity index (χ4v) is 2.63. The van der Waals surface area contributed by atoms with Gasteiger partial charge in [0.25, 0.3) is 5.91 Å². The maximum atomic E-state index is 12.7. The third kappa shape index (κ3) is 5.28. The number of nitrogens with zero attached hydrogens (tertiary/aromatic N) is 1. The molecule has 0 saturated carbocycles. The molecule has 0 aliphatic rings. The zero-order chi connectivity index (χ0) is 18.2. The number of carbonyl (C=O) groups is 3. The number of carbonyl (C=O) groups excluding carboxylic acids is 2. The van der Waals surface area contributed by atoms with Crippen LogP contribution in [0.4, 0.5) is 0 Å². The second-order valence-corrected chi connectivity index (χ2v) is 5.85. The van der Waals surface area contributed by atoms with Gasteiger partial charge in [-0.15, -0.1) is 0 Å². The fraction of sp³-hybridized carbons (Fsp3) is 0.250. The molecule has 25 heavy (non-hydrogen) atoms. The summed E-state index contributed by atoms with van der Waals surface area (Å²) >= 11 is 0. The summed E-state index contributed by atoms with van der Waals surface area (Å²) in [5.74, 6) is -1.54. The Kier molecular flexibility index (Phi) is 6.46. The molecular weight excluding hydrogens is 318 g/mol. The molecule has 2 aromatic rings. The number of aliphatic carboxylic acids is 1. The van der Waals surface area contributed by atoms with Crippen LogP contribution in [0.1, 0.15) is 28.8 Å². The van der Waals surface area contributed by atoms with E-state index in [4.69, 9.17) is 5.11 Å². The quantitative estimate of drug-likeness (QED) is 0.802. The predicted molar refractivity (Wildman–Crippen MR) is 94.3 cm³/mol. The summed E-state index contributed by atoms with van der Waals surface area (Å²) in [5, 5.41) is 8.83. The molecule has 0 bridgehead atoms. The smallest absolute Gasteiger partial charge is 0.303 e. The molecule has 5 heteroatoms. The van der Waals surface area contributed by atoms with Crippen LogP contribution >= 0.6 is 0 Å². The Hall–Kier alpha value is -2.95. The number of hydrogen-bond acceptors (Lipinski definition) is 3. The summed E-state index contributed by atoms with van der Waals surface area (Å²) in [7, 11) is 1.58. The highest BCUT2D eigenvalue weighted by atomic mass is 16.4. The van der Waals surface area contributed by atoms with Crippen molar-refractivity contribution in [2.24, 2.45) is 0 Å². The van der Waals surface area contributed by atoms with Crippen LogP contribution in [-0.4, -0.2) is 40.8 Å². The number of carboxylic acids is 1. The first-order valence-electron chi connectivity index (χ1n) is 8.09. The number of amides is 1. The maximum Gasteiger partial charge on any atom is 0.303 e. The summed E-state index contributed by atoms with van der Waals surface area (Å²) in [5.41, 5.74) is 1.41. The number of likely N-dealkylation sites (N-methyl/N-ethyl adjacent to an activating group) is 1. The number of ketones is 1. The molecule has 2 aromatic carbocycles. The molecule has 5 nitrogen and oxygen atoms in total. The van der Waals surface area contributed by atoms with Crippen molar-refractivity contribution in [1.82, 2.24) is 4.90 Å². The molecule has 0 aromatic heterocycles. The van der Waals surface area contributed by atoms with Crippen molar-refractivity contribution in [3.63, 3.8) is 0 Å². The average molecular weight is 339 g/mol. The Morgan fingerprint density at radius 1 is 0.920 bits per heavy atom. The second kappa shape index (κ2) is 8.78. The fourth-order valence-electron chi connectivity index (χ4n) is 2.63. The van der Waals surface area contributed by atoms with Gasteiger partial charge in [-0.25, -0.2) is 0 Å². The lowest BCUT2D eigenvalue weighted by atomic mass is 9.97. The van der Waals surface area contributed by atoms with Crippen LogP contribution in [0.5, 0.6) is 0 Å². The topological polar surface area (TPSA) is 74.7 Å². The van der Waals surface area contributed by atoms with Crippen LogP contribution in [0.2, 0.25) is 0 Å². The first-order valence-corrected chi connectivity index (χ1v) is 8.09. The van der Waals surface area contributed by atoms with Gasteiger partial charge in [0, 0.05) is 19.0 Å². The average Bonchev–Trinajstić information content (AvgIpc) is 2.64. The zero-order valence-electron chi connectivity index (χ0n) is 14.1. The monoisotopic (exact) mass is 339 g/mol. The minimum absolute atomic E-state index is 0.0980. The number of carboxylic acid groups (broad SMARTS) is 1. The molecule has 0 fully saturated rings. The SMILES string of the molecule is CN(C(=O)c1ccccc1)[C@H](Cc1ccccc1)C(=O)CCC(=O)O. The predicted octanol–water partition coefficient (Wildman–Crippen LogP) is 2.80. The Balaban J connectivity index is 2.21. The van der Waals surface area contributed by atoms with Crippen LogP contribution in [0.25, 0.3) is 0 Å². The molecule has 0 saturated heterocycles. The van der Waals surface area contributed by atoms with E-state index in [9.17, 15) is 14.4 Å². The third-order valence-electron chi connectivity index (χ3n) is 4.04. The van der Waals surface area contributed by atoms with Gasteiger partial charge in [-0.1, -0.05) is 48.5 Å². The van der Waals surface area contributed by atoms with Gasteiger partial charge in [0.15, 0.2) is 5.78 Å². The summed E-state index contributed by atoms with van der Waals surface area (Å²) in [6.07, 6.45) is 0.0189. The third-order valence-corrected chi connectivity index (χ3v) is 4.04. The molecule has 0 unspecified atom stereocenters. The summed E-state index contributed by atoms with van der Waals surface area (Å²) in [6, 6.07) is 17.4. The van der Waals surface area contributed by atoms with Crippen LogP contribution in [-0.2, 0) is 16.0 Å². The largest absolute Gasteiger partial charge is 0.481 e. The van der Waals surface area contributed by atoms with E-state index in [-0.39, 0.29) is 24.5 Å². The lowest BCUT2D eigenvalue weighted by Gasteiger charge is -2.27. The molecule has 0 radical (unpaired) electrons. The van der Waals surface area contributed by atoms with Crippen molar-refractivity contribution in [3.8, 4) is 0 Å². The van der Waals surface area contributed by atoms with Crippen molar-refractivity contribution >= 4 is 17.7 Å². The van der Waals surface area contributed by atoms with E-state index in [1.807, 2.05) is 36.4 Å². The molecule has 2 rings (SSSR count). The van der Waals surface area contributed by atoms with Gasteiger partial charge in [-0.2, -0.15) is 0 Å². The van der Waals surface area contributed by atoms with Crippen LogP contribution in [0, 0.1) is 0 Å². The summed E-state index contributed by atoms with van der Waals surface area (Å²) in [4.78, 5) is 37.4. The van der Waals surface area contributed by atoms with Crippen molar-refractivity contribution in [1.29, 1.82) is 0 Å². The van der Waals surface area contributed by atoms with Gasteiger partial charge < -0.3 is 10.0 Å². The van der Waals surface area contributed by atoms with E-state index in [0.717, 1.165) is 5.56 Å². The molecule has 1 amide bonds. The highest BCUT2D eigenvalue weighted by Gasteiger charge is 2.27. The highest BCUT2D eigenvalue weighted by Crippen LogP contribution is 2.14. The van der Waals surface area contributed by atoms with Crippen molar-refractivity contribution in [3.05, 3.63) is 71.8 Å². The van der Waals surface area contributed by atoms with E-state index < -0.39 is 12.0 Å². The van der Waals surface area contributed by atoms with E-state index in [0.29, 0.717) is 12.0 Å². The Bertz CT molecular complexity index is 728. The molecule has 0 spiro atoms. The Morgan fingerprint density at radius 3 is 2.04 bits per heavy atom. The number of Topliss-reactive ketones (excluding diaryl/α,β-unsaturated/α-hetero) is 1. The van der Waals surface area contributed by atoms with Gasteiger partial charge in [-0.05, 0) is 24.1 Å². The minimum atomic E-state index is -1.02. The molecule has 1 N–H and O–H groups in total. The summed E-state index contributed by atoms with van der Waals surface area (Å²) in [6.45, 7) is 0. The van der Waals surface area contributed by atoms with Crippen molar-refractivity contribution < 1.29 is 19.5 Å². The van der Waals surface area contributed by atoms with E-state index >= 15 is 0 Å². The van der Waals surface area contributed by atoms with Gasteiger partial charge in [0.1, 0.15) is 0 Å². The molecular formula is C20H21NO4. The standard InChI is InChI=1S/C20H21NO4/c1-21(20(25)16-10-6-3-7-11-16)17(18(22)12-13-19(23)24)14-15-8-4-2-5-9-15/h2-11,17H,12-14H2,1H3,(H,23,24)/t17-/m1/s1. The normalized spacial score (nSPS) is 11.6. The Morgan fingerprint density at radius 2 is 1.48 bits per heavy atom. The minimum Gasteiger partial charge on any atom is -0.481 e.